The zero-order valence-electron chi connectivity index (χ0n) is 8.63. The van der Waals surface area contributed by atoms with Gasteiger partial charge in [-0.2, -0.15) is 0 Å². The number of hydrogen-bond donors (Lipinski definition) is 0. The zero-order valence-corrected chi connectivity index (χ0v) is 8.63. The van der Waals surface area contributed by atoms with E-state index in [1.54, 1.807) is 0 Å². The number of unbranched alkanes of at least 4 members (excludes halogenated alkanes) is 2. The summed E-state index contributed by atoms with van der Waals surface area (Å²) in [7, 11) is 0. The van der Waals surface area contributed by atoms with Gasteiger partial charge in [0.15, 0.2) is 0 Å². The summed E-state index contributed by atoms with van der Waals surface area (Å²) in [5.74, 6) is 0. The highest BCUT2D eigenvalue weighted by Gasteiger charge is 2.08. The van der Waals surface area contributed by atoms with Crippen LogP contribution in [0.2, 0.25) is 0 Å². The van der Waals surface area contributed by atoms with Crippen LogP contribution in [0.4, 0.5) is 0 Å². The van der Waals surface area contributed by atoms with Crippen molar-refractivity contribution in [3.8, 4) is 0 Å². The molecular formula is C10H21NO2. The Morgan fingerprint density at radius 3 is 2.69 bits per heavy atom. The maximum Gasteiger partial charge on any atom is 0.0991 e. The Morgan fingerprint density at radius 2 is 2.00 bits per heavy atom. The molecule has 1 rings (SSSR count). The predicted octanol–water partition coefficient (Wildman–Crippen LogP) is 1.48. The molecule has 0 aliphatic carbocycles. The van der Waals surface area contributed by atoms with Crippen molar-refractivity contribution in [1.29, 1.82) is 0 Å². The van der Waals surface area contributed by atoms with E-state index in [1.165, 1.54) is 19.3 Å². The van der Waals surface area contributed by atoms with E-state index in [4.69, 9.17) is 9.47 Å². The molecule has 1 heterocycles. The van der Waals surface area contributed by atoms with Crippen molar-refractivity contribution in [2.24, 2.45) is 0 Å². The number of nitrogens with zero attached hydrogens (tertiary/aromatic N) is 1. The molecule has 0 unspecified atom stereocenters. The molecule has 0 aromatic carbocycles. The molecule has 1 aliphatic rings. The first-order valence-corrected chi connectivity index (χ1v) is 5.31. The summed E-state index contributed by atoms with van der Waals surface area (Å²) < 4.78 is 10.8. The van der Waals surface area contributed by atoms with E-state index in [1.807, 2.05) is 0 Å². The molecule has 1 aliphatic heterocycles. The number of morpholine rings is 1. The van der Waals surface area contributed by atoms with Crippen LogP contribution in [0.15, 0.2) is 0 Å². The van der Waals surface area contributed by atoms with Crippen LogP contribution in [-0.2, 0) is 9.47 Å². The summed E-state index contributed by atoms with van der Waals surface area (Å²) in [6, 6.07) is 0. The minimum absolute atomic E-state index is 0.785. The number of rotatable bonds is 6. The molecule has 0 radical (unpaired) electrons. The molecule has 0 aromatic heterocycles. The summed E-state index contributed by atoms with van der Waals surface area (Å²) in [5.41, 5.74) is 0. The van der Waals surface area contributed by atoms with Gasteiger partial charge >= 0.3 is 0 Å². The van der Waals surface area contributed by atoms with Crippen molar-refractivity contribution >= 4 is 0 Å². The SMILES string of the molecule is CCCCCOCN1CCOCC1. The molecule has 3 nitrogen and oxygen atoms in total. The maximum absolute atomic E-state index is 5.55. The third kappa shape index (κ3) is 5.24. The van der Waals surface area contributed by atoms with E-state index in [0.717, 1.165) is 39.6 Å². The Labute approximate surface area is 81.0 Å². The minimum atomic E-state index is 0.785. The van der Waals surface area contributed by atoms with E-state index in [0.29, 0.717) is 0 Å². The topological polar surface area (TPSA) is 21.7 Å². The van der Waals surface area contributed by atoms with Crippen molar-refractivity contribution in [3.63, 3.8) is 0 Å². The lowest BCUT2D eigenvalue weighted by Crippen LogP contribution is -2.37. The molecule has 0 bridgehead atoms. The van der Waals surface area contributed by atoms with Gasteiger partial charge in [0.1, 0.15) is 0 Å². The smallest absolute Gasteiger partial charge is 0.0991 e. The molecule has 0 aromatic rings. The molecule has 0 N–H and O–H groups in total. The Kier molecular flexibility index (Phi) is 6.15. The Bertz CT molecular complexity index is 113. The highest BCUT2D eigenvalue weighted by molar-refractivity contribution is 4.57. The van der Waals surface area contributed by atoms with Gasteiger partial charge in [-0.25, -0.2) is 0 Å². The van der Waals surface area contributed by atoms with Gasteiger partial charge in [0.05, 0.1) is 19.9 Å². The normalized spacial score (nSPS) is 19.2. The highest BCUT2D eigenvalue weighted by Crippen LogP contribution is 1.98. The average molecular weight is 187 g/mol. The molecular weight excluding hydrogens is 166 g/mol. The van der Waals surface area contributed by atoms with Crippen LogP contribution in [0.3, 0.4) is 0 Å². The van der Waals surface area contributed by atoms with Crippen LogP contribution in [0.5, 0.6) is 0 Å². The van der Waals surface area contributed by atoms with E-state index in [2.05, 4.69) is 11.8 Å². The lowest BCUT2D eigenvalue weighted by molar-refractivity contribution is -0.0332. The van der Waals surface area contributed by atoms with Gasteiger partial charge in [-0.1, -0.05) is 19.8 Å². The van der Waals surface area contributed by atoms with Gasteiger partial charge in [0.2, 0.25) is 0 Å². The minimum Gasteiger partial charge on any atom is -0.379 e. The molecule has 78 valence electrons. The monoisotopic (exact) mass is 187 g/mol. The molecule has 0 amide bonds. The summed E-state index contributed by atoms with van der Waals surface area (Å²) in [6.07, 6.45) is 3.74. The quantitative estimate of drug-likeness (QED) is 0.588. The summed E-state index contributed by atoms with van der Waals surface area (Å²) >= 11 is 0. The van der Waals surface area contributed by atoms with Crippen LogP contribution >= 0.6 is 0 Å². The third-order valence-electron chi connectivity index (χ3n) is 2.27. The van der Waals surface area contributed by atoms with Gasteiger partial charge in [0.25, 0.3) is 0 Å². The molecule has 0 saturated carbocycles. The summed E-state index contributed by atoms with van der Waals surface area (Å²) in [6.45, 7) is 7.67. The van der Waals surface area contributed by atoms with Crippen molar-refractivity contribution in [1.82, 2.24) is 4.90 Å². The largest absolute Gasteiger partial charge is 0.379 e. The number of hydrogen-bond acceptors (Lipinski definition) is 3. The Morgan fingerprint density at radius 1 is 1.23 bits per heavy atom. The highest BCUT2D eigenvalue weighted by atomic mass is 16.5. The van der Waals surface area contributed by atoms with Crippen molar-refractivity contribution in [2.75, 3.05) is 39.6 Å². The van der Waals surface area contributed by atoms with E-state index in [-0.39, 0.29) is 0 Å². The molecule has 3 heteroatoms. The zero-order chi connectivity index (χ0) is 9.36. The van der Waals surface area contributed by atoms with Crippen LogP contribution < -0.4 is 0 Å². The molecule has 1 saturated heterocycles. The Balaban J connectivity index is 1.86. The van der Waals surface area contributed by atoms with Gasteiger partial charge < -0.3 is 9.47 Å². The fraction of sp³-hybridized carbons (Fsp3) is 1.00. The second-order valence-corrected chi connectivity index (χ2v) is 3.47. The average Bonchev–Trinajstić information content (AvgIpc) is 2.19. The van der Waals surface area contributed by atoms with Crippen LogP contribution in [-0.4, -0.2) is 44.5 Å². The van der Waals surface area contributed by atoms with E-state index in [9.17, 15) is 0 Å². The van der Waals surface area contributed by atoms with Crippen molar-refractivity contribution < 1.29 is 9.47 Å². The van der Waals surface area contributed by atoms with Crippen molar-refractivity contribution in [2.45, 2.75) is 26.2 Å². The van der Waals surface area contributed by atoms with Gasteiger partial charge in [-0.05, 0) is 6.42 Å². The fourth-order valence-corrected chi connectivity index (χ4v) is 1.38. The fourth-order valence-electron chi connectivity index (χ4n) is 1.38. The summed E-state index contributed by atoms with van der Waals surface area (Å²) in [5, 5.41) is 0. The Hall–Kier alpha value is -0.120. The maximum atomic E-state index is 5.55. The molecule has 0 atom stereocenters. The van der Waals surface area contributed by atoms with E-state index >= 15 is 0 Å². The first kappa shape index (κ1) is 11.0. The van der Waals surface area contributed by atoms with Gasteiger partial charge in [-0.3, -0.25) is 4.90 Å². The van der Waals surface area contributed by atoms with Crippen LogP contribution in [0, 0.1) is 0 Å². The summed E-state index contributed by atoms with van der Waals surface area (Å²) in [4.78, 5) is 2.30. The van der Waals surface area contributed by atoms with E-state index < -0.39 is 0 Å². The lowest BCUT2D eigenvalue weighted by atomic mass is 10.3. The second kappa shape index (κ2) is 7.30. The molecule has 0 spiro atoms. The predicted molar refractivity (Wildman–Crippen MR) is 52.7 cm³/mol. The molecule has 13 heavy (non-hydrogen) atoms. The first-order valence-electron chi connectivity index (χ1n) is 5.31. The van der Waals surface area contributed by atoms with Crippen LogP contribution in [0.25, 0.3) is 0 Å². The van der Waals surface area contributed by atoms with Crippen molar-refractivity contribution in [3.05, 3.63) is 0 Å². The van der Waals surface area contributed by atoms with Gasteiger partial charge in [-0.15, -0.1) is 0 Å². The first-order chi connectivity index (χ1) is 6.43. The standard InChI is InChI=1S/C10H21NO2/c1-2-3-4-7-13-10-11-5-8-12-9-6-11/h2-10H2,1H3. The molecule has 1 fully saturated rings. The van der Waals surface area contributed by atoms with Crippen LogP contribution in [0.1, 0.15) is 26.2 Å². The van der Waals surface area contributed by atoms with Gasteiger partial charge in [0, 0.05) is 19.7 Å². The third-order valence-corrected chi connectivity index (χ3v) is 2.27. The number of ether oxygens (including phenoxy) is 2. The lowest BCUT2D eigenvalue weighted by Gasteiger charge is -2.26. The second-order valence-electron chi connectivity index (χ2n) is 3.47.